The molecule has 0 saturated carbocycles. The van der Waals surface area contributed by atoms with Crippen molar-refractivity contribution < 1.29 is 13.6 Å². The van der Waals surface area contributed by atoms with Gasteiger partial charge in [0.15, 0.2) is 5.78 Å². The fraction of sp³-hybridized carbons (Fsp3) is 0. The van der Waals surface area contributed by atoms with Gasteiger partial charge in [-0.05, 0) is 30.3 Å². The summed E-state index contributed by atoms with van der Waals surface area (Å²) in [4.78, 5) is 12.0. The Balaban J connectivity index is 2.55. The van der Waals surface area contributed by atoms with Crippen molar-refractivity contribution in [2.45, 2.75) is 0 Å². The van der Waals surface area contributed by atoms with Crippen LogP contribution in [0.15, 0.2) is 40.9 Å². The third kappa shape index (κ3) is 2.44. The molecular weight excluding hydrogens is 325 g/mol. The van der Waals surface area contributed by atoms with E-state index in [9.17, 15) is 13.6 Å². The summed E-state index contributed by atoms with van der Waals surface area (Å²) in [7, 11) is 0. The minimum atomic E-state index is -0.904. The smallest absolute Gasteiger partial charge is 0.200 e. The summed E-state index contributed by atoms with van der Waals surface area (Å²) in [6.07, 6.45) is 0. The molecule has 0 aliphatic rings. The Hall–Kier alpha value is -1.26. The Bertz CT molecular complexity index is 608. The van der Waals surface area contributed by atoms with Gasteiger partial charge in [-0.3, -0.25) is 4.79 Å². The topological polar surface area (TPSA) is 17.1 Å². The molecule has 2 aromatic rings. The molecule has 5 heteroatoms. The van der Waals surface area contributed by atoms with E-state index < -0.39 is 23.0 Å². The van der Waals surface area contributed by atoms with Crippen LogP contribution in [0, 0.1) is 11.6 Å². The summed E-state index contributed by atoms with van der Waals surface area (Å²) in [5.74, 6) is -2.58. The molecule has 1 nitrogen and oxygen atoms in total. The standard InChI is InChI=1S/C13H6BrClF2O/c14-7-4-5-8(9(15)6-7)13(18)12-10(16)2-1-3-11(12)17/h1-6H. The second-order valence-electron chi connectivity index (χ2n) is 3.55. The van der Waals surface area contributed by atoms with E-state index >= 15 is 0 Å². The number of hydrogen-bond donors (Lipinski definition) is 0. The van der Waals surface area contributed by atoms with Gasteiger partial charge in [-0.15, -0.1) is 0 Å². The molecule has 2 aromatic carbocycles. The molecule has 0 unspecified atom stereocenters. The van der Waals surface area contributed by atoms with Crippen molar-refractivity contribution in [3.8, 4) is 0 Å². The van der Waals surface area contributed by atoms with Crippen LogP contribution in [-0.2, 0) is 0 Å². The molecule has 0 aliphatic carbocycles. The minimum absolute atomic E-state index is 0.0591. The molecule has 0 spiro atoms. The summed E-state index contributed by atoms with van der Waals surface area (Å²) < 4.78 is 27.6. The molecule has 0 radical (unpaired) electrons. The van der Waals surface area contributed by atoms with Crippen LogP contribution in [0.25, 0.3) is 0 Å². The van der Waals surface area contributed by atoms with Crippen LogP contribution in [0.2, 0.25) is 5.02 Å². The van der Waals surface area contributed by atoms with Gasteiger partial charge in [-0.25, -0.2) is 8.78 Å². The molecule has 0 aromatic heterocycles. The molecule has 18 heavy (non-hydrogen) atoms. The van der Waals surface area contributed by atoms with E-state index in [-0.39, 0.29) is 10.6 Å². The first-order valence-electron chi connectivity index (χ1n) is 4.94. The summed E-state index contributed by atoms with van der Waals surface area (Å²) in [6, 6.07) is 7.75. The van der Waals surface area contributed by atoms with Crippen LogP contribution in [0.1, 0.15) is 15.9 Å². The normalized spacial score (nSPS) is 10.4. The van der Waals surface area contributed by atoms with Crippen LogP contribution in [-0.4, -0.2) is 5.78 Å². The molecule has 92 valence electrons. The third-order valence-corrected chi connectivity index (χ3v) is 3.17. The SMILES string of the molecule is O=C(c1ccc(Br)cc1Cl)c1c(F)cccc1F. The maximum atomic E-state index is 13.5. The molecule has 0 bridgehead atoms. The molecule has 0 N–H and O–H groups in total. The van der Waals surface area contributed by atoms with E-state index in [1.54, 1.807) is 6.07 Å². The predicted molar refractivity (Wildman–Crippen MR) is 68.9 cm³/mol. The van der Waals surface area contributed by atoms with Gasteiger partial charge in [-0.2, -0.15) is 0 Å². The molecule has 0 atom stereocenters. The van der Waals surface area contributed by atoms with Crippen molar-refractivity contribution in [2.24, 2.45) is 0 Å². The maximum Gasteiger partial charge on any atom is 0.200 e. The number of hydrogen-bond acceptors (Lipinski definition) is 1. The first kappa shape index (κ1) is 13.2. The largest absolute Gasteiger partial charge is 0.288 e. The monoisotopic (exact) mass is 330 g/mol. The highest BCUT2D eigenvalue weighted by Gasteiger charge is 2.20. The number of carbonyl (C=O) groups excluding carboxylic acids is 1. The molecule has 0 heterocycles. The van der Waals surface area contributed by atoms with Crippen LogP contribution >= 0.6 is 27.5 Å². The second-order valence-corrected chi connectivity index (χ2v) is 4.87. The molecule has 2 rings (SSSR count). The maximum absolute atomic E-state index is 13.5. The Morgan fingerprint density at radius 2 is 1.72 bits per heavy atom. The van der Waals surface area contributed by atoms with Gasteiger partial charge in [-0.1, -0.05) is 33.6 Å². The summed E-state index contributed by atoms with van der Waals surface area (Å²) in [6.45, 7) is 0. The van der Waals surface area contributed by atoms with Crippen LogP contribution in [0.4, 0.5) is 8.78 Å². The van der Waals surface area contributed by atoms with E-state index in [1.807, 2.05) is 0 Å². The Morgan fingerprint density at radius 3 is 2.28 bits per heavy atom. The van der Waals surface area contributed by atoms with Crippen LogP contribution in [0.3, 0.4) is 0 Å². The highest BCUT2D eigenvalue weighted by molar-refractivity contribution is 9.10. The highest BCUT2D eigenvalue weighted by Crippen LogP contribution is 2.25. The lowest BCUT2D eigenvalue weighted by Gasteiger charge is -2.06. The average molecular weight is 332 g/mol. The predicted octanol–water partition coefficient (Wildman–Crippen LogP) is 4.61. The lowest BCUT2D eigenvalue weighted by molar-refractivity contribution is 0.103. The average Bonchev–Trinajstić information content (AvgIpc) is 2.28. The van der Waals surface area contributed by atoms with E-state index in [0.717, 1.165) is 12.1 Å². The summed E-state index contributed by atoms with van der Waals surface area (Å²) in [5.41, 5.74) is -0.536. The van der Waals surface area contributed by atoms with Crippen LogP contribution in [0.5, 0.6) is 0 Å². The molecule has 0 aliphatic heterocycles. The quantitative estimate of drug-likeness (QED) is 0.734. The van der Waals surface area contributed by atoms with Gasteiger partial charge in [0.1, 0.15) is 11.6 Å². The number of rotatable bonds is 2. The van der Waals surface area contributed by atoms with Gasteiger partial charge in [0.05, 0.1) is 10.6 Å². The Kier molecular flexibility index (Phi) is 3.78. The number of halogens is 4. The van der Waals surface area contributed by atoms with E-state index in [4.69, 9.17) is 11.6 Å². The first-order chi connectivity index (χ1) is 8.50. The highest BCUT2D eigenvalue weighted by atomic mass is 79.9. The summed E-state index contributed by atoms with van der Waals surface area (Å²) in [5, 5.41) is 0.136. The zero-order valence-corrected chi connectivity index (χ0v) is 11.2. The van der Waals surface area contributed by atoms with Crippen molar-refractivity contribution in [3.63, 3.8) is 0 Å². The minimum Gasteiger partial charge on any atom is -0.288 e. The van der Waals surface area contributed by atoms with Gasteiger partial charge >= 0.3 is 0 Å². The molecule has 0 fully saturated rings. The van der Waals surface area contributed by atoms with Crippen molar-refractivity contribution in [2.75, 3.05) is 0 Å². The number of benzene rings is 2. The van der Waals surface area contributed by atoms with Crippen molar-refractivity contribution in [1.29, 1.82) is 0 Å². The third-order valence-electron chi connectivity index (χ3n) is 2.37. The van der Waals surface area contributed by atoms with E-state index in [0.29, 0.717) is 4.47 Å². The second kappa shape index (κ2) is 5.16. The number of carbonyl (C=O) groups is 1. The number of ketones is 1. The van der Waals surface area contributed by atoms with Crippen molar-refractivity contribution in [3.05, 3.63) is 68.7 Å². The van der Waals surface area contributed by atoms with Gasteiger partial charge in [0.2, 0.25) is 0 Å². The zero-order valence-electron chi connectivity index (χ0n) is 8.88. The fourth-order valence-electron chi connectivity index (χ4n) is 1.52. The lowest BCUT2D eigenvalue weighted by Crippen LogP contribution is -2.08. The van der Waals surface area contributed by atoms with Crippen LogP contribution < -0.4 is 0 Å². The Morgan fingerprint density at radius 1 is 1.11 bits per heavy atom. The van der Waals surface area contributed by atoms with Crippen molar-refractivity contribution >= 4 is 33.3 Å². The van der Waals surface area contributed by atoms with Gasteiger partial charge in [0, 0.05) is 10.0 Å². The molecule has 0 amide bonds. The van der Waals surface area contributed by atoms with Gasteiger partial charge in [0.25, 0.3) is 0 Å². The fourth-order valence-corrected chi connectivity index (χ4v) is 2.28. The summed E-state index contributed by atoms with van der Waals surface area (Å²) >= 11 is 9.07. The first-order valence-corrected chi connectivity index (χ1v) is 6.11. The molecule has 0 saturated heterocycles. The van der Waals surface area contributed by atoms with Gasteiger partial charge < -0.3 is 0 Å². The lowest BCUT2D eigenvalue weighted by atomic mass is 10.0. The van der Waals surface area contributed by atoms with E-state index in [2.05, 4.69) is 15.9 Å². The zero-order chi connectivity index (χ0) is 13.3. The Labute approximate surface area is 116 Å². The molecular formula is C13H6BrClF2O. The van der Waals surface area contributed by atoms with E-state index in [1.165, 1.54) is 18.2 Å². The van der Waals surface area contributed by atoms with Crippen molar-refractivity contribution in [1.82, 2.24) is 0 Å².